The van der Waals surface area contributed by atoms with Crippen molar-refractivity contribution in [1.82, 2.24) is 5.32 Å². The minimum absolute atomic E-state index is 0.0801. The lowest BCUT2D eigenvalue weighted by molar-refractivity contribution is -0.116. The van der Waals surface area contributed by atoms with Crippen molar-refractivity contribution in [3.8, 4) is 0 Å². The summed E-state index contributed by atoms with van der Waals surface area (Å²) in [6.45, 7) is 12.0. The van der Waals surface area contributed by atoms with Gasteiger partial charge in [0, 0.05) is 6.54 Å². The van der Waals surface area contributed by atoms with E-state index in [4.69, 9.17) is 0 Å². The van der Waals surface area contributed by atoms with E-state index in [1.807, 2.05) is 25.1 Å². The summed E-state index contributed by atoms with van der Waals surface area (Å²) in [5.74, 6) is -0.0801. The van der Waals surface area contributed by atoms with Gasteiger partial charge in [0.2, 0.25) is 5.91 Å². The standard InChI is InChI=1S/C9H10.C7H13NO/c1-8(2)9-6-4-3-5-7-9;1-3-5-6-8-7(9)4-2/h3-7H,1H2,2H3;4H,2-3,5-6H2,1H3,(H,8,9). The van der Waals surface area contributed by atoms with Crippen molar-refractivity contribution in [2.45, 2.75) is 26.7 Å². The molecular formula is C16H23NO. The van der Waals surface area contributed by atoms with Crippen LogP contribution in [0.1, 0.15) is 32.3 Å². The van der Waals surface area contributed by atoms with E-state index < -0.39 is 0 Å². The summed E-state index contributed by atoms with van der Waals surface area (Å²) in [6.07, 6.45) is 3.44. The Hall–Kier alpha value is -1.83. The van der Waals surface area contributed by atoms with Crippen molar-refractivity contribution < 1.29 is 4.79 Å². The van der Waals surface area contributed by atoms with Gasteiger partial charge in [0.1, 0.15) is 0 Å². The predicted molar refractivity (Wildman–Crippen MR) is 79.3 cm³/mol. The second-order valence-corrected chi connectivity index (χ2v) is 4.00. The molecule has 0 aliphatic rings. The zero-order chi connectivity index (χ0) is 13.8. The summed E-state index contributed by atoms with van der Waals surface area (Å²) in [5.41, 5.74) is 2.34. The van der Waals surface area contributed by atoms with Gasteiger partial charge in [-0.1, -0.05) is 62.4 Å². The first-order valence-electron chi connectivity index (χ1n) is 6.23. The van der Waals surface area contributed by atoms with Crippen molar-refractivity contribution >= 4 is 11.5 Å². The maximum absolute atomic E-state index is 10.5. The number of unbranched alkanes of at least 4 members (excludes halogenated alkanes) is 1. The maximum atomic E-state index is 10.5. The molecule has 1 aromatic carbocycles. The van der Waals surface area contributed by atoms with Gasteiger partial charge < -0.3 is 5.32 Å². The van der Waals surface area contributed by atoms with E-state index in [0.29, 0.717) is 0 Å². The van der Waals surface area contributed by atoms with Crippen molar-refractivity contribution in [1.29, 1.82) is 0 Å². The zero-order valence-electron chi connectivity index (χ0n) is 11.4. The van der Waals surface area contributed by atoms with Gasteiger partial charge in [-0.2, -0.15) is 0 Å². The largest absolute Gasteiger partial charge is 0.353 e. The number of hydrogen-bond donors (Lipinski definition) is 1. The highest BCUT2D eigenvalue weighted by Gasteiger charge is 1.89. The molecule has 0 aliphatic carbocycles. The fourth-order valence-electron chi connectivity index (χ4n) is 1.18. The quantitative estimate of drug-likeness (QED) is 0.620. The second-order valence-electron chi connectivity index (χ2n) is 4.00. The maximum Gasteiger partial charge on any atom is 0.243 e. The molecule has 0 radical (unpaired) electrons. The molecule has 1 rings (SSSR count). The average molecular weight is 245 g/mol. The number of carbonyl (C=O) groups excluding carboxylic acids is 1. The van der Waals surface area contributed by atoms with E-state index in [2.05, 4.69) is 37.5 Å². The molecule has 18 heavy (non-hydrogen) atoms. The first-order chi connectivity index (χ1) is 8.61. The molecule has 98 valence electrons. The molecule has 1 amide bonds. The van der Waals surface area contributed by atoms with E-state index in [0.717, 1.165) is 25.0 Å². The van der Waals surface area contributed by atoms with Crippen molar-refractivity contribution in [2.24, 2.45) is 0 Å². The summed E-state index contributed by atoms with van der Waals surface area (Å²) < 4.78 is 0. The lowest BCUT2D eigenvalue weighted by Gasteiger charge is -1.97. The molecule has 0 unspecified atom stereocenters. The Morgan fingerprint density at radius 3 is 2.33 bits per heavy atom. The Labute approximate surface area is 110 Å². The van der Waals surface area contributed by atoms with Crippen molar-refractivity contribution in [2.75, 3.05) is 6.54 Å². The van der Waals surface area contributed by atoms with E-state index in [1.54, 1.807) is 0 Å². The zero-order valence-corrected chi connectivity index (χ0v) is 11.4. The van der Waals surface area contributed by atoms with Crippen LogP contribution in [0.25, 0.3) is 5.57 Å². The molecule has 0 saturated heterocycles. The highest BCUT2D eigenvalue weighted by atomic mass is 16.1. The van der Waals surface area contributed by atoms with Gasteiger partial charge in [-0.3, -0.25) is 4.79 Å². The number of amides is 1. The van der Waals surface area contributed by atoms with E-state index >= 15 is 0 Å². The molecule has 1 aromatic rings. The van der Waals surface area contributed by atoms with Gasteiger partial charge in [-0.15, -0.1) is 0 Å². The average Bonchev–Trinajstić information content (AvgIpc) is 2.40. The SMILES string of the molecule is C=C(C)c1ccccc1.C=CC(=O)NCCCC. The highest BCUT2D eigenvalue weighted by Crippen LogP contribution is 2.08. The Kier molecular flexibility index (Phi) is 9.28. The second kappa shape index (κ2) is 10.3. The molecule has 0 saturated carbocycles. The number of benzene rings is 1. The highest BCUT2D eigenvalue weighted by molar-refractivity contribution is 5.86. The molecule has 1 N–H and O–H groups in total. The monoisotopic (exact) mass is 245 g/mol. The normalized spacial score (nSPS) is 8.78. The third-order valence-electron chi connectivity index (χ3n) is 2.28. The van der Waals surface area contributed by atoms with Gasteiger partial charge >= 0.3 is 0 Å². The summed E-state index contributed by atoms with van der Waals surface area (Å²) >= 11 is 0. The summed E-state index contributed by atoms with van der Waals surface area (Å²) in [4.78, 5) is 10.5. The summed E-state index contributed by atoms with van der Waals surface area (Å²) in [7, 11) is 0. The first kappa shape index (κ1) is 16.2. The minimum Gasteiger partial charge on any atom is -0.353 e. The van der Waals surface area contributed by atoms with Crippen LogP contribution in [0.2, 0.25) is 0 Å². The smallest absolute Gasteiger partial charge is 0.243 e. The van der Waals surface area contributed by atoms with Crippen molar-refractivity contribution in [3.05, 3.63) is 55.1 Å². The van der Waals surface area contributed by atoms with Crippen LogP contribution in [0.15, 0.2) is 49.6 Å². The third-order valence-corrected chi connectivity index (χ3v) is 2.28. The van der Waals surface area contributed by atoms with Crippen LogP contribution < -0.4 is 5.32 Å². The number of nitrogens with one attached hydrogen (secondary N) is 1. The molecule has 0 bridgehead atoms. The lowest BCUT2D eigenvalue weighted by atomic mass is 10.1. The molecule has 0 atom stereocenters. The lowest BCUT2D eigenvalue weighted by Crippen LogP contribution is -2.21. The van der Waals surface area contributed by atoms with E-state index in [-0.39, 0.29) is 5.91 Å². The molecule has 0 aliphatic heterocycles. The Bertz CT molecular complexity index is 368. The number of hydrogen-bond acceptors (Lipinski definition) is 1. The van der Waals surface area contributed by atoms with Crippen LogP contribution >= 0.6 is 0 Å². The van der Waals surface area contributed by atoms with Gasteiger partial charge in [0.25, 0.3) is 0 Å². The van der Waals surface area contributed by atoms with Crippen LogP contribution in [0.3, 0.4) is 0 Å². The molecule has 0 aromatic heterocycles. The topological polar surface area (TPSA) is 29.1 Å². The van der Waals surface area contributed by atoms with Crippen LogP contribution in [0.5, 0.6) is 0 Å². The van der Waals surface area contributed by atoms with Crippen LogP contribution in [0, 0.1) is 0 Å². The number of allylic oxidation sites excluding steroid dienone is 1. The van der Waals surface area contributed by atoms with E-state index in [1.165, 1.54) is 11.6 Å². The fourth-order valence-corrected chi connectivity index (χ4v) is 1.18. The van der Waals surface area contributed by atoms with Crippen LogP contribution in [-0.4, -0.2) is 12.5 Å². The van der Waals surface area contributed by atoms with Gasteiger partial charge in [-0.05, 0) is 25.0 Å². The van der Waals surface area contributed by atoms with Crippen LogP contribution in [0.4, 0.5) is 0 Å². The van der Waals surface area contributed by atoms with Gasteiger partial charge in [0.05, 0.1) is 0 Å². The van der Waals surface area contributed by atoms with Crippen LogP contribution in [-0.2, 0) is 4.79 Å². The van der Waals surface area contributed by atoms with E-state index in [9.17, 15) is 4.79 Å². The predicted octanol–water partition coefficient (Wildman–Crippen LogP) is 3.81. The third kappa shape index (κ3) is 8.34. The number of rotatable bonds is 5. The molecule has 0 heterocycles. The molecule has 2 heteroatoms. The first-order valence-corrected chi connectivity index (χ1v) is 6.23. The minimum atomic E-state index is -0.0801. The fraction of sp³-hybridized carbons (Fsp3) is 0.312. The van der Waals surface area contributed by atoms with Gasteiger partial charge in [0.15, 0.2) is 0 Å². The Balaban J connectivity index is 0.000000321. The Morgan fingerprint density at radius 2 is 1.94 bits per heavy atom. The van der Waals surface area contributed by atoms with Gasteiger partial charge in [-0.25, -0.2) is 0 Å². The number of carbonyl (C=O) groups is 1. The summed E-state index contributed by atoms with van der Waals surface area (Å²) in [5, 5.41) is 2.68. The Morgan fingerprint density at radius 1 is 1.33 bits per heavy atom. The molecular weight excluding hydrogens is 222 g/mol. The molecule has 0 spiro atoms. The molecule has 2 nitrogen and oxygen atoms in total. The summed E-state index contributed by atoms with van der Waals surface area (Å²) in [6, 6.07) is 10.2. The van der Waals surface area contributed by atoms with Crippen molar-refractivity contribution in [3.63, 3.8) is 0 Å². The molecule has 0 fully saturated rings.